The SMILES string of the molecule is C[C@@H]1CN(c2cc(C(=O)N[C@@H]3CCN(C#N)C3)c(F)cn2)C[C@H](C)O1.N#CN1CC[C@@H](NC(=O)c2cc(N3Cc4ccccc4C3)ncc2F)C1. The number of pyridine rings is 2. The van der Waals surface area contributed by atoms with Crippen LogP contribution in [-0.2, 0) is 17.8 Å². The Morgan fingerprint density at radius 3 is 1.65 bits per heavy atom. The summed E-state index contributed by atoms with van der Waals surface area (Å²) in [4.78, 5) is 40.4. The summed E-state index contributed by atoms with van der Waals surface area (Å²) in [5.74, 6) is -1.08. The maximum absolute atomic E-state index is 14.2. The summed E-state index contributed by atoms with van der Waals surface area (Å²) in [6, 6.07) is 10.8. The van der Waals surface area contributed by atoms with Crippen molar-refractivity contribution >= 4 is 23.5 Å². The predicted molar refractivity (Wildman–Crippen MR) is 183 cm³/mol. The molecule has 4 atom stereocenters. The molecule has 0 aliphatic carbocycles. The number of carbonyl (C=O) groups excluding carboxylic acids is 2. The molecule has 0 bridgehead atoms. The summed E-state index contributed by atoms with van der Waals surface area (Å²) in [6.45, 7) is 8.75. The minimum atomic E-state index is -0.647. The fourth-order valence-electron chi connectivity index (χ4n) is 6.87. The van der Waals surface area contributed by atoms with Crippen molar-refractivity contribution in [3.63, 3.8) is 0 Å². The highest BCUT2D eigenvalue weighted by atomic mass is 19.1. The lowest BCUT2D eigenvalue weighted by atomic mass is 10.1. The number of fused-ring (bicyclic) bond motifs is 1. The molecular formula is C36H40F2N10O3. The molecule has 4 aliphatic rings. The molecule has 0 unspecified atom stereocenters. The van der Waals surface area contributed by atoms with Gasteiger partial charge in [0.15, 0.2) is 24.0 Å². The Morgan fingerprint density at radius 1 is 0.765 bits per heavy atom. The van der Waals surface area contributed by atoms with Crippen molar-refractivity contribution < 1.29 is 23.1 Å². The van der Waals surface area contributed by atoms with Gasteiger partial charge in [0.1, 0.15) is 11.6 Å². The number of rotatable bonds is 6. The third-order valence-corrected chi connectivity index (χ3v) is 9.41. The molecule has 13 nitrogen and oxygen atoms in total. The van der Waals surface area contributed by atoms with E-state index in [2.05, 4.69) is 45.1 Å². The smallest absolute Gasteiger partial charge is 0.254 e. The first-order chi connectivity index (χ1) is 24.6. The number of anilines is 2. The van der Waals surface area contributed by atoms with E-state index in [0.29, 0.717) is 76.8 Å². The third kappa shape index (κ3) is 8.44. The monoisotopic (exact) mass is 698 g/mol. The van der Waals surface area contributed by atoms with E-state index in [4.69, 9.17) is 15.3 Å². The lowest BCUT2D eigenvalue weighted by Gasteiger charge is -2.36. The standard InChI is InChI=1S/C19H18FN5O.C17H22FN5O2/c20-17-8-22-18(25-9-13-3-1-2-4-14(13)10-25)7-16(17)19(26)23-15-5-6-24(11-15)12-21;1-11-7-23(8-12(2)25-11)16-5-14(15(18)6-20-16)17(24)21-13-3-4-22(9-13)10-19/h1-4,7-8,15H,5-6,9-11H2,(H,23,26);5-6,11-13H,3-4,7-9H2,1-2H3,(H,21,24)/t15-;11-,12+,13-/m11/s1. The number of carbonyl (C=O) groups is 2. The number of benzene rings is 1. The number of morpholine rings is 1. The van der Waals surface area contributed by atoms with Crippen LogP contribution in [0.2, 0.25) is 0 Å². The van der Waals surface area contributed by atoms with Gasteiger partial charge in [-0.3, -0.25) is 9.59 Å². The van der Waals surface area contributed by atoms with Gasteiger partial charge in [-0.15, -0.1) is 0 Å². The Balaban J connectivity index is 0.000000176. The second kappa shape index (κ2) is 15.6. The quantitative estimate of drug-likeness (QED) is 0.365. The average molecular weight is 699 g/mol. The van der Waals surface area contributed by atoms with E-state index in [9.17, 15) is 18.4 Å². The van der Waals surface area contributed by atoms with Gasteiger partial charge in [-0.25, -0.2) is 18.7 Å². The number of amides is 2. The molecule has 3 fully saturated rings. The average Bonchev–Trinajstić information content (AvgIpc) is 3.88. The van der Waals surface area contributed by atoms with Crippen molar-refractivity contribution in [1.82, 2.24) is 30.4 Å². The lowest BCUT2D eigenvalue weighted by molar-refractivity contribution is -0.00546. The molecule has 3 aromatic rings. The van der Waals surface area contributed by atoms with Gasteiger partial charge in [-0.05, 0) is 49.9 Å². The molecule has 51 heavy (non-hydrogen) atoms. The van der Waals surface area contributed by atoms with Gasteiger partial charge >= 0.3 is 0 Å². The zero-order valence-electron chi connectivity index (χ0n) is 28.6. The first-order valence-corrected chi connectivity index (χ1v) is 17.0. The summed E-state index contributed by atoms with van der Waals surface area (Å²) in [7, 11) is 0. The van der Waals surface area contributed by atoms with Crippen LogP contribution in [0.1, 0.15) is 58.5 Å². The third-order valence-electron chi connectivity index (χ3n) is 9.41. The van der Waals surface area contributed by atoms with Crippen molar-refractivity contribution in [2.75, 3.05) is 49.1 Å². The normalized spacial score (nSPS) is 22.4. The van der Waals surface area contributed by atoms with E-state index in [0.717, 1.165) is 12.4 Å². The van der Waals surface area contributed by atoms with Crippen LogP contribution in [0.15, 0.2) is 48.8 Å². The number of halogens is 2. The first-order valence-electron chi connectivity index (χ1n) is 17.0. The van der Waals surface area contributed by atoms with Gasteiger partial charge in [0.2, 0.25) is 0 Å². The summed E-state index contributed by atoms with van der Waals surface area (Å²) in [5.41, 5.74) is 2.40. The van der Waals surface area contributed by atoms with Crippen LogP contribution in [0.25, 0.3) is 0 Å². The van der Waals surface area contributed by atoms with E-state index in [1.807, 2.05) is 35.8 Å². The van der Waals surface area contributed by atoms with E-state index >= 15 is 0 Å². The van der Waals surface area contributed by atoms with E-state index in [1.165, 1.54) is 23.3 Å². The van der Waals surface area contributed by atoms with E-state index < -0.39 is 23.4 Å². The zero-order chi connectivity index (χ0) is 36.1. The minimum absolute atomic E-state index is 0.0126. The molecule has 4 aliphatic heterocycles. The summed E-state index contributed by atoms with van der Waals surface area (Å²) in [5, 5.41) is 23.4. The second-order valence-corrected chi connectivity index (χ2v) is 13.3. The molecule has 6 heterocycles. The molecule has 0 radical (unpaired) electrons. The zero-order valence-corrected chi connectivity index (χ0v) is 28.6. The number of hydrogen-bond donors (Lipinski definition) is 2. The molecule has 2 amide bonds. The highest BCUT2D eigenvalue weighted by Gasteiger charge is 2.28. The minimum Gasteiger partial charge on any atom is -0.372 e. The highest BCUT2D eigenvalue weighted by Crippen LogP contribution is 2.28. The summed E-state index contributed by atoms with van der Waals surface area (Å²) >= 11 is 0. The van der Waals surface area contributed by atoms with Gasteiger partial charge in [0.25, 0.3) is 11.8 Å². The van der Waals surface area contributed by atoms with Crippen molar-refractivity contribution in [3.8, 4) is 12.4 Å². The lowest BCUT2D eigenvalue weighted by Crippen LogP contribution is -2.46. The first kappa shape index (κ1) is 35.3. The van der Waals surface area contributed by atoms with Crippen LogP contribution in [0.4, 0.5) is 20.4 Å². The van der Waals surface area contributed by atoms with Crippen LogP contribution in [0.3, 0.4) is 0 Å². The molecule has 0 saturated carbocycles. The Labute approximate surface area is 295 Å². The van der Waals surface area contributed by atoms with Crippen LogP contribution in [-0.4, -0.2) is 95.1 Å². The Kier molecular flexibility index (Phi) is 10.8. The number of aromatic nitrogens is 2. The van der Waals surface area contributed by atoms with Gasteiger partial charge < -0.3 is 35.0 Å². The number of hydrogen-bond acceptors (Lipinski definition) is 11. The van der Waals surface area contributed by atoms with Gasteiger partial charge in [0, 0.05) is 64.4 Å². The summed E-state index contributed by atoms with van der Waals surface area (Å²) in [6.07, 6.45) is 7.76. The fraction of sp³-hybridized carbons (Fsp3) is 0.444. The predicted octanol–water partition coefficient (Wildman–Crippen LogP) is 3.15. The second-order valence-electron chi connectivity index (χ2n) is 13.3. The molecule has 2 aromatic heterocycles. The Morgan fingerprint density at radius 2 is 1.22 bits per heavy atom. The number of nitrogens with zero attached hydrogens (tertiary/aromatic N) is 8. The molecule has 266 valence electrons. The number of nitriles is 2. The van der Waals surface area contributed by atoms with Crippen LogP contribution < -0.4 is 20.4 Å². The van der Waals surface area contributed by atoms with Crippen LogP contribution in [0.5, 0.6) is 0 Å². The van der Waals surface area contributed by atoms with Crippen LogP contribution in [0, 0.1) is 34.5 Å². The number of likely N-dealkylation sites (tertiary alicyclic amines) is 2. The Bertz CT molecular complexity index is 1810. The van der Waals surface area contributed by atoms with Crippen molar-refractivity contribution in [2.24, 2.45) is 0 Å². The number of nitrogens with one attached hydrogen (secondary N) is 2. The van der Waals surface area contributed by atoms with Crippen LogP contribution >= 0.6 is 0 Å². The van der Waals surface area contributed by atoms with Gasteiger partial charge in [0.05, 0.1) is 35.7 Å². The molecule has 0 spiro atoms. The fourth-order valence-corrected chi connectivity index (χ4v) is 6.87. The molecular weight excluding hydrogens is 658 g/mol. The summed E-state index contributed by atoms with van der Waals surface area (Å²) < 4.78 is 34.0. The molecule has 15 heteroatoms. The maximum atomic E-state index is 14.2. The topological polar surface area (TPSA) is 154 Å². The number of ether oxygens (including phenoxy) is 1. The van der Waals surface area contributed by atoms with Crippen molar-refractivity contribution in [1.29, 1.82) is 10.5 Å². The molecule has 7 rings (SSSR count). The molecule has 3 saturated heterocycles. The van der Waals surface area contributed by atoms with E-state index in [-0.39, 0.29) is 35.4 Å². The van der Waals surface area contributed by atoms with Crippen molar-refractivity contribution in [2.45, 2.75) is 64.1 Å². The largest absolute Gasteiger partial charge is 0.372 e. The Hall–Kier alpha value is -5.54. The molecule has 1 aromatic carbocycles. The van der Waals surface area contributed by atoms with Gasteiger partial charge in [-0.2, -0.15) is 10.5 Å². The van der Waals surface area contributed by atoms with Crippen molar-refractivity contribution in [3.05, 3.63) is 82.7 Å². The highest BCUT2D eigenvalue weighted by molar-refractivity contribution is 5.96. The van der Waals surface area contributed by atoms with Gasteiger partial charge in [-0.1, -0.05) is 24.3 Å². The molecule has 2 N–H and O–H groups in total. The maximum Gasteiger partial charge on any atom is 0.254 e. The van der Waals surface area contributed by atoms with E-state index in [1.54, 1.807) is 9.80 Å².